The number of amides is 1. The van der Waals surface area contributed by atoms with Crippen molar-refractivity contribution in [3.05, 3.63) is 108 Å². The normalized spacial score (nSPS) is 13.1. The SMILES string of the molecule is C=C(C#N)/C=C\C(=C/CC)CCNC(C(=O)NC/C=C\C(=C/NC)c1cnn(C)c1)c1ccccc1F. The summed E-state index contributed by atoms with van der Waals surface area (Å²) in [5.41, 5.74) is 3.50. The minimum absolute atomic E-state index is 0.271. The van der Waals surface area contributed by atoms with E-state index in [-0.39, 0.29) is 18.0 Å². The number of benzene rings is 1. The second-order valence-electron chi connectivity index (χ2n) is 8.25. The van der Waals surface area contributed by atoms with Crippen LogP contribution in [-0.4, -0.2) is 35.8 Å². The summed E-state index contributed by atoms with van der Waals surface area (Å²) in [5, 5.41) is 22.2. The fraction of sp³-hybridized carbons (Fsp3) is 0.276. The number of nitriles is 1. The van der Waals surface area contributed by atoms with Crippen molar-refractivity contribution in [2.45, 2.75) is 25.8 Å². The van der Waals surface area contributed by atoms with Gasteiger partial charge >= 0.3 is 0 Å². The largest absolute Gasteiger partial charge is 0.393 e. The van der Waals surface area contributed by atoms with Gasteiger partial charge in [0.15, 0.2) is 0 Å². The summed E-state index contributed by atoms with van der Waals surface area (Å²) in [5.74, 6) is -0.777. The van der Waals surface area contributed by atoms with E-state index in [1.54, 1.807) is 35.2 Å². The highest BCUT2D eigenvalue weighted by Gasteiger charge is 2.22. The fourth-order valence-electron chi connectivity index (χ4n) is 3.58. The number of hydrogen-bond acceptors (Lipinski definition) is 5. The molecule has 0 saturated heterocycles. The van der Waals surface area contributed by atoms with Gasteiger partial charge < -0.3 is 16.0 Å². The molecule has 1 amide bonds. The summed E-state index contributed by atoms with van der Waals surface area (Å²) in [6, 6.07) is 7.39. The fourth-order valence-corrected chi connectivity index (χ4v) is 3.58. The lowest BCUT2D eigenvalue weighted by Crippen LogP contribution is -2.38. The third kappa shape index (κ3) is 9.74. The Balaban J connectivity index is 2.08. The van der Waals surface area contributed by atoms with Crippen LogP contribution in [0.1, 0.15) is 36.9 Å². The van der Waals surface area contributed by atoms with Gasteiger partial charge in [0, 0.05) is 61.9 Å². The smallest absolute Gasteiger partial charge is 0.242 e. The van der Waals surface area contributed by atoms with Crippen LogP contribution in [0.4, 0.5) is 4.39 Å². The summed E-state index contributed by atoms with van der Waals surface area (Å²) in [4.78, 5) is 13.1. The summed E-state index contributed by atoms with van der Waals surface area (Å²) in [6.07, 6.45) is 16.2. The van der Waals surface area contributed by atoms with E-state index >= 15 is 0 Å². The van der Waals surface area contributed by atoms with Gasteiger partial charge in [0.2, 0.25) is 5.91 Å². The van der Waals surface area contributed by atoms with Crippen LogP contribution >= 0.6 is 0 Å². The number of carbonyl (C=O) groups is 1. The number of nitrogens with zero attached hydrogens (tertiary/aromatic N) is 3. The molecule has 8 heteroatoms. The second-order valence-corrected chi connectivity index (χ2v) is 8.25. The predicted molar refractivity (Wildman–Crippen MR) is 146 cm³/mol. The average molecular weight is 503 g/mol. The monoisotopic (exact) mass is 502 g/mol. The minimum Gasteiger partial charge on any atom is -0.393 e. The van der Waals surface area contributed by atoms with Crippen molar-refractivity contribution in [2.75, 3.05) is 20.1 Å². The molecule has 0 bridgehead atoms. The Bertz CT molecular complexity index is 1210. The molecule has 1 atom stereocenters. The number of carbonyl (C=O) groups excluding carboxylic acids is 1. The molecule has 0 saturated carbocycles. The highest BCUT2D eigenvalue weighted by molar-refractivity contribution is 5.83. The van der Waals surface area contributed by atoms with Crippen LogP contribution in [0.5, 0.6) is 0 Å². The maximum Gasteiger partial charge on any atom is 0.242 e. The average Bonchev–Trinajstić information content (AvgIpc) is 3.33. The molecular weight excluding hydrogens is 467 g/mol. The van der Waals surface area contributed by atoms with Gasteiger partial charge in [-0.25, -0.2) is 4.39 Å². The quantitative estimate of drug-likeness (QED) is 0.261. The van der Waals surface area contributed by atoms with Crippen molar-refractivity contribution in [1.82, 2.24) is 25.7 Å². The number of allylic oxidation sites excluding steroid dienone is 6. The van der Waals surface area contributed by atoms with Crippen LogP contribution in [0.3, 0.4) is 0 Å². The highest BCUT2D eigenvalue weighted by Crippen LogP contribution is 2.18. The molecule has 0 spiro atoms. The Hall–Kier alpha value is -4.22. The topological polar surface area (TPSA) is 94.8 Å². The molecule has 0 aliphatic rings. The number of hydrogen-bond donors (Lipinski definition) is 3. The number of rotatable bonds is 14. The Morgan fingerprint density at radius 2 is 2.08 bits per heavy atom. The van der Waals surface area contributed by atoms with E-state index in [9.17, 15) is 9.18 Å². The highest BCUT2D eigenvalue weighted by atomic mass is 19.1. The van der Waals surface area contributed by atoms with Gasteiger partial charge in [-0.15, -0.1) is 0 Å². The maximum absolute atomic E-state index is 14.6. The van der Waals surface area contributed by atoms with Gasteiger partial charge in [-0.1, -0.05) is 61.6 Å². The Morgan fingerprint density at radius 3 is 2.73 bits per heavy atom. The van der Waals surface area contributed by atoms with Crippen molar-refractivity contribution >= 4 is 11.5 Å². The van der Waals surface area contributed by atoms with Crippen LogP contribution in [0.2, 0.25) is 0 Å². The van der Waals surface area contributed by atoms with Crippen LogP contribution in [0, 0.1) is 17.1 Å². The third-order valence-electron chi connectivity index (χ3n) is 5.38. The van der Waals surface area contributed by atoms with E-state index in [0.717, 1.165) is 23.1 Å². The zero-order valence-electron chi connectivity index (χ0n) is 21.7. The summed E-state index contributed by atoms with van der Waals surface area (Å²) in [7, 11) is 3.66. The predicted octanol–water partition coefficient (Wildman–Crippen LogP) is 4.49. The lowest BCUT2D eigenvalue weighted by Gasteiger charge is -2.19. The van der Waals surface area contributed by atoms with Gasteiger partial charge in [0.1, 0.15) is 11.9 Å². The molecule has 0 aliphatic carbocycles. The van der Waals surface area contributed by atoms with Crippen molar-refractivity contribution < 1.29 is 9.18 Å². The first-order chi connectivity index (χ1) is 17.9. The summed E-state index contributed by atoms with van der Waals surface area (Å²) < 4.78 is 16.3. The van der Waals surface area contributed by atoms with Crippen LogP contribution in [0.15, 0.2) is 91.0 Å². The lowest BCUT2D eigenvalue weighted by atomic mass is 10.0. The molecular formula is C29H35FN6O. The van der Waals surface area contributed by atoms with Crippen molar-refractivity contribution in [3.8, 4) is 6.07 Å². The standard InChI is InChI=1S/C29H35FN6O/c1-5-9-23(14-13-22(2)18-31)15-17-33-28(26-11-6-7-12-27(26)30)29(37)34-16-8-10-24(19-32-3)25-20-35-36(4)21-25/h6-14,19-21,28,32-33H,2,5,15-17H2,1,3-4H3,(H,34,37)/b10-8-,14-13-,23-9+,24-19+. The first-order valence-corrected chi connectivity index (χ1v) is 12.1. The van der Waals surface area contributed by atoms with E-state index in [1.807, 2.05) is 63.8 Å². The first kappa shape index (κ1) is 29.0. The molecule has 2 aromatic rings. The summed E-state index contributed by atoms with van der Waals surface area (Å²) >= 11 is 0. The number of aryl methyl sites for hydroxylation is 1. The van der Waals surface area contributed by atoms with Crippen LogP contribution in [-0.2, 0) is 11.8 Å². The molecule has 0 fully saturated rings. The van der Waals surface area contributed by atoms with E-state index < -0.39 is 11.9 Å². The molecule has 3 N–H and O–H groups in total. The lowest BCUT2D eigenvalue weighted by molar-refractivity contribution is -0.123. The molecule has 0 aliphatic heterocycles. The molecule has 194 valence electrons. The van der Waals surface area contributed by atoms with Gasteiger partial charge in [0.25, 0.3) is 0 Å². The van der Waals surface area contributed by atoms with Gasteiger partial charge in [-0.2, -0.15) is 10.4 Å². The van der Waals surface area contributed by atoms with Crippen molar-refractivity contribution in [3.63, 3.8) is 0 Å². The number of aromatic nitrogens is 2. The third-order valence-corrected chi connectivity index (χ3v) is 5.38. The van der Waals surface area contributed by atoms with Crippen LogP contribution in [0.25, 0.3) is 5.57 Å². The molecule has 0 radical (unpaired) electrons. The maximum atomic E-state index is 14.6. The molecule has 7 nitrogen and oxygen atoms in total. The van der Waals surface area contributed by atoms with E-state index in [0.29, 0.717) is 18.5 Å². The van der Waals surface area contributed by atoms with Gasteiger partial charge in [-0.05, 0) is 25.0 Å². The molecule has 1 aromatic carbocycles. The minimum atomic E-state index is -0.860. The first-order valence-electron chi connectivity index (χ1n) is 12.1. The van der Waals surface area contributed by atoms with Crippen LogP contribution < -0.4 is 16.0 Å². The Labute approximate surface area is 218 Å². The number of nitrogens with one attached hydrogen (secondary N) is 3. The zero-order chi connectivity index (χ0) is 27.0. The molecule has 2 rings (SSSR count). The van der Waals surface area contributed by atoms with Gasteiger partial charge in [0.05, 0.1) is 12.3 Å². The van der Waals surface area contributed by atoms with Crippen molar-refractivity contribution in [1.29, 1.82) is 5.26 Å². The zero-order valence-corrected chi connectivity index (χ0v) is 21.7. The van der Waals surface area contributed by atoms with E-state index in [4.69, 9.17) is 5.26 Å². The Morgan fingerprint density at radius 1 is 1.30 bits per heavy atom. The number of halogens is 1. The summed E-state index contributed by atoms with van der Waals surface area (Å²) in [6.45, 7) is 6.39. The van der Waals surface area contributed by atoms with Crippen molar-refractivity contribution in [2.24, 2.45) is 7.05 Å². The molecule has 1 aromatic heterocycles. The Kier molecular flexibility index (Phi) is 12.3. The van der Waals surface area contributed by atoms with E-state index in [1.165, 1.54) is 6.07 Å². The van der Waals surface area contributed by atoms with Gasteiger partial charge in [-0.3, -0.25) is 9.48 Å². The second kappa shape index (κ2) is 15.7. The van der Waals surface area contributed by atoms with E-state index in [2.05, 4.69) is 27.6 Å². The molecule has 1 unspecified atom stereocenters. The molecule has 37 heavy (non-hydrogen) atoms. The molecule has 1 heterocycles.